The lowest BCUT2D eigenvalue weighted by molar-refractivity contribution is -0.142. The first-order valence-corrected chi connectivity index (χ1v) is 8.87. The van der Waals surface area contributed by atoms with Crippen LogP contribution in [0.3, 0.4) is 0 Å². The Bertz CT molecular complexity index is 575. The minimum atomic E-state index is -0.831. The van der Waals surface area contributed by atoms with Gasteiger partial charge in [-0.25, -0.2) is 0 Å². The molecular formula is C19H27NO5. The minimum absolute atomic E-state index is 0.250. The normalized spacial score (nSPS) is 20.5. The van der Waals surface area contributed by atoms with Crippen molar-refractivity contribution in [1.82, 2.24) is 5.32 Å². The first kappa shape index (κ1) is 19.2. The summed E-state index contributed by atoms with van der Waals surface area (Å²) in [6.07, 6.45) is 4.95. The van der Waals surface area contributed by atoms with E-state index in [1.807, 2.05) is 0 Å². The van der Waals surface area contributed by atoms with Crippen molar-refractivity contribution in [2.45, 2.75) is 44.6 Å². The Morgan fingerprint density at radius 1 is 1.20 bits per heavy atom. The van der Waals surface area contributed by atoms with Crippen LogP contribution >= 0.6 is 0 Å². The van der Waals surface area contributed by atoms with Gasteiger partial charge in [-0.2, -0.15) is 0 Å². The van der Waals surface area contributed by atoms with Gasteiger partial charge in [-0.1, -0.05) is 25.3 Å². The smallest absolute Gasteiger partial charge is 0.308 e. The molecule has 1 aliphatic carbocycles. The monoisotopic (exact) mass is 349 g/mol. The van der Waals surface area contributed by atoms with Crippen LogP contribution in [-0.2, 0) is 9.53 Å². The molecule has 25 heavy (non-hydrogen) atoms. The minimum Gasteiger partial charge on any atom is -0.493 e. The Hall–Kier alpha value is -2.08. The number of carboxylic acid groups (broad SMARTS) is 1. The van der Waals surface area contributed by atoms with Crippen LogP contribution in [-0.4, -0.2) is 43.3 Å². The number of ether oxygens (including phenoxy) is 2. The SMILES string of the molecule is COCCCOc1cccc(C(=O)N[C@H]2CCCCC[C@H]2C(=O)O)c1. The molecule has 6 heteroatoms. The molecule has 1 aliphatic rings. The molecule has 1 aromatic carbocycles. The molecule has 6 nitrogen and oxygen atoms in total. The van der Waals surface area contributed by atoms with Crippen LogP contribution in [0.25, 0.3) is 0 Å². The van der Waals surface area contributed by atoms with E-state index in [0.29, 0.717) is 37.4 Å². The number of rotatable bonds is 8. The van der Waals surface area contributed by atoms with Gasteiger partial charge in [-0.05, 0) is 31.0 Å². The third-order valence-corrected chi connectivity index (χ3v) is 4.51. The Morgan fingerprint density at radius 2 is 2.00 bits per heavy atom. The van der Waals surface area contributed by atoms with Crippen molar-refractivity contribution < 1.29 is 24.2 Å². The number of hydrogen-bond donors (Lipinski definition) is 2. The van der Waals surface area contributed by atoms with Crippen LogP contribution in [0.1, 0.15) is 48.9 Å². The number of carbonyl (C=O) groups is 2. The lowest BCUT2D eigenvalue weighted by atomic mass is 9.94. The van der Waals surface area contributed by atoms with E-state index in [-0.39, 0.29) is 11.9 Å². The predicted octanol–water partition coefficient (Wildman–Crippen LogP) is 2.87. The van der Waals surface area contributed by atoms with Crippen molar-refractivity contribution in [2.24, 2.45) is 5.92 Å². The molecule has 0 bridgehead atoms. The van der Waals surface area contributed by atoms with E-state index < -0.39 is 11.9 Å². The largest absolute Gasteiger partial charge is 0.493 e. The van der Waals surface area contributed by atoms with E-state index in [9.17, 15) is 14.7 Å². The maximum absolute atomic E-state index is 12.5. The average Bonchev–Trinajstić information content (AvgIpc) is 2.84. The molecule has 0 heterocycles. The van der Waals surface area contributed by atoms with Crippen LogP contribution in [0.2, 0.25) is 0 Å². The molecule has 2 rings (SSSR count). The average molecular weight is 349 g/mol. The third-order valence-electron chi connectivity index (χ3n) is 4.51. The highest BCUT2D eigenvalue weighted by molar-refractivity contribution is 5.95. The molecule has 0 spiro atoms. The first-order valence-electron chi connectivity index (χ1n) is 8.87. The molecule has 138 valence electrons. The number of amides is 1. The summed E-state index contributed by atoms with van der Waals surface area (Å²) in [5.74, 6) is -0.970. The van der Waals surface area contributed by atoms with E-state index in [1.54, 1.807) is 31.4 Å². The van der Waals surface area contributed by atoms with Gasteiger partial charge in [0.15, 0.2) is 0 Å². The van der Waals surface area contributed by atoms with E-state index in [0.717, 1.165) is 25.7 Å². The van der Waals surface area contributed by atoms with Crippen LogP contribution in [0.15, 0.2) is 24.3 Å². The molecule has 0 saturated heterocycles. The Kier molecular flexibility index (Phi) is 7.73. The second kappa shape index (κ2) is 10.0. The fraction of sp³-hybridized carbons (Fsp3) is 0.579. The van der Waals surface area contributed by atoms with Gasteiger partial charge in [-0.15, -0.1) is 0 Å². The fourth-order valence-electron chi connectivity index (χ4n) is 3.15. The van der Waals surface area contributed by atoms with Gasteiger partial charge in [0, 0.05) is 31.7 Å². The number of carboxylic acids is 1. The van der Waals surface area contributed by atoms with Gasteiger partial charge in [0.05, 0.1) is 12.5 Å². The maximum Gasteiger partial charge on any atom is 0.308 e. The molecule has 0 radical (unpaired) electrons. The fourth-order valence-corrected chi connectivity index (χ4v) is 3.15. The van der Waals surface area contributed by atoms with Crippen molar-refractivity contribution >= 4 is 11.9 Å². The summed E-state index contributed by atoms with van der Waals surface area (Å²) in [5, 5.41) is 12.3. The van der Waals surface area contributed by atoms with Gasteiger partial charge in [0.25, 0.3) is 5.91 Å². The molecule has 2 N–H and O–H groups in total. The number of hydrogen-bond acceptors (Lipinski definition) is 4. The molecule has 1 amide bonds. The summed E-state index contributed by atoms with van der Waals surface area (Å²) in [7, 11) is 1.64. The standard InChI is InChI=1S/C19H27NO5/c1-24-11-6-12-25-15-8-5-7-14(13-15)18(21)20-17-10-4-2-3-9-16(17)19(22)23/h5,7-8,13,16-17H,2-4,6,9-12H2,1H3,(H,20,21)(H,22,23)/t16-,17+/m1/s1. The summed E-state index contributed by atoms with van der Waals surface area (Å²) in [6, 6.07) is 6.65. The molecule has 2 atom stereocenters. The lowest BCUT2D eigenvalue weighted by Gasteiger charge is -2.23. The van der Waals surface area contributed by atoms with Crippen LogP contribution in [0.5, 0.6) is 5.75 Å². The van der Waals surface area contributed by atoms with E-state index >= 15 is 0 Å². The molecule has 0 unspecified atom stereocenters. The first-order chi connectivity index (χ1) is 12.1. The van der Waals surface area contributed by atoms with Crippen molar-refractivity contribution in [3.63, 3.8) is 0 Å². The number of nitrogens with one attached hydrogen (secondary N) is 1. The van der Waals surface area contributed by atoms with Crippen molar-refractivity contribution in [3.05, 3.63) is 29.8 Å². The summed E-state index contributed by atoms with van der Waals surface area (Å²) in [4.78, 5) is 24.0. The Labute approximate surface area is 148 Å². The molecular weight excluding hydrogens is 322 g/mol. The number of aliphatic carboxylic acids is 1. The number of methoxy groups -OCH3 is 1. The predicted molar refractivity (Wildman–Crippen MR) is 93.9 cm³/mol. The highest BCUT2D eigenvalue weighted by Crippen LogP contribution is 2.24. The molecule has 1 aromatic rings. The zero-order valence-electron chi connectivity index (χ0n) is 14.7. The summed E-state index contributed by atoms with van der Waals surface area (Å²) in [5.41, 5.74) is 0.484. The number of benzene rings is 1. The summed E-state index contributed by atoms with van der Waals surface area (Å²) < 4.78 is 10.6. The topological polar surface area (TPSA) is 84.9 Å². The Morgan fingerprint density at radius 3 is 2.76 bits per heavy atom. The van der Waals surface area contributed by atoms with Gasteiger partial charge >= 0.3 is 5.97 Å². The number of carbonyl (C=O) groups excluding carboxylic acids is 1. The quantitative estimate of drug-likeness (QED) is 0.557. The molecule has 0 aliphatic heterocycles. The van der Waals surface area contributed by atoms with Crippen molar-refractivity contribution in [2.75, 3.05) is 20.3 Å². The van der Waals surface area contributed by atoms with Gasteiger partial charge in [0.2, 0.25) is 0 Å². The summed E-state index contributed by atoms with van der Waals surface area (Å²) >= 11 is 0. The van der Waals surface area contributed by atoms with E-state index in [1.165, 1.54) is 0 Å². The lowest BCUT2D eigenvalue weighted by Crippen LogP contribution is -2.42. The van der Waals surface area contributed by atoms with Gasteiger partial charge < -0.3 is 19.9 Å². The van der Waals surface area contributed by atoms with Gasteiger partial charge in [0.1, 0.15) is 5.75 Å². The molecule has 1 fully saturated rings. The van der Waals surface area contributed by atoms with Crippen LogP contribution < -0.4 is 10.1 Å². The zero-order valence-corrected chi connectivity index (χ0v) is 14.7. The Balaban J connectivity index is 1.98. The molecule has 0 aromatic heterocycles. The third kappa shape index (κ3) is 6.05. The van der Waals surface area contributed by atoms with E-state index in [2.05, 4.69) is 5.32 Å². The highest BCUT2D eigenvalue weighted by Gasteiger charge is 2.30. The van der Waals surface area contributed by atoms with Gasteiger partial charge in [-0.3, -0.25) is 9.59 Å². The van der Waals surface area contributed by atoms with Crippen LogP contribution in [0.4, 0.5) is 0 Å². The zero-order chi connectivity index (χ0) is 18.1. The van der Waals surface area contributed by atoms with Crippen molar-refractivity contribution in [3.8, 4) is 5.75 Å². The summed E-state index contributed by atoms with van der Waals surface area (Å²) in [6.45, 7) is 1.14. The maximum atomic E-state index is 12.5. The second-order valence-corrected chi connectivity index (χ2v) is 6.39. The van der Waals surface area contributed by atoms with Crippen molar-refractivity contribution in [1.29, 1.82) is 0 Å². The second-order valence-electron chi connectivity index (χ2n) is 6.39. The van der Waals surface area contributed by atoms with Crippen LogP contribution in [0, 0.1) is 5.92 Å². The highest BCUT2D eigenvalue weighted by atomic mass is 16.5. The van der Waals surface area contributed by atoms with E-state index in [4.69, 9.17) is 9.47 Å². The molecule has 1 saturated carbocycles.